The van der Waals surface area contributed by atoms with Gasteiger partial charge in [0.05, 0.1) is 23.5 Å². The van der Waals surface area contributed by atoms with Crippen molar-refractivity contribution in [3.63, 3.8) is 0 Å². The minimum Gasteiger partial charge on any atom is -0.379 e. The van der Waals surface area contributed by atoms with Gasteiger partial charge >= 0.3 is 12.4 Å². The average molecular weight is 439 g/mol. The summed E-state index contributed by atoms with van der Waals surface area (Å²) in [7, 11) is 0. The van der Waals surface area contributed by atoms with Crippen LogP contribution < -0.4 is 10.2 Å². The molecule has 2 saturated heterocycles. The van der Waals surface area contributed by atoms with Crippen LogP contribution in [0.3, 0.4) is 0 Å². The largest absolute Gasteiger partial charge is 0.418 e. The highest BCUT2D eigenvalue weighted by Gasteiger charge is 2.57. The van der Waals surface area contributed by atoms with Crippen molar-refractivity contribution in [1.82, 2.24) is 4.90 Å². The minimum absolute atomic E-state index is 0.0259. The number of alkyl halides is 6. The molecule has 1 unspecified atom stereocenters. The summed E-state index contributed by atoms with van der Waals surface area (Å²) in [5.74, 6) is -0.737. The molecule has 0 saturated carbocycles. The lowest BCUT2D eigenvalue weighted by Gasteiger charge is -2.31. The van der Waals surface area contributed by atoms with Gasteiger partial charge < -0.3 is 15.3 Å². The highest BCUT2D eigenvalue weighted by atomic mass is 19.4. The number of piperidine rings is 1. The number of hydrogen-bond acceptors (Lipinski definition) is 4. The second kappa shape index (κ2) is 8.26. The molecular formula is C19H23F6N3O2. The van der Waals surface area contributed by atoms with Crippen LogP contribution in [0, 0.1) is 0 Å². The summed E-state index contributed by atoms with van der Waals surface area (Å²) in [4.78, 5) is 15.4. The van der Waals surface area contributed by atoms with Crippen molar-refractivity contribution in [3.8, 4) is 0 Å². The van der Waals surface area contributed by atoms with E-state index in [1.807, 2.05) is 4.90 Å². The molecule has 2 N–H and O–H groups in total. The molecule has 168 valence electrons. The summed E-state index contributed by atoms with van der Waals surface area (Å²) in [5.41, 5.74) is -3.39. The Morgan fingerprint density at radius 3 is 2.30 bits per heavy atom. The number of hydrogen-bond donors (Lipinski definition) is 2. The number of benzene rings is 1. The minimum atomic E-state index is -4.82. The first kappa shape index (κ1) is 22.7. The van der Waals surface area contributed by atoms with E-state index in [4.69, 9.17) is 0 Å². The Morgan fingerprint density at radius 2 is 1.73 bits per heavy atom. The normalized spacial score (nSPS) is 23.6. The molecule has 3 rings (SSSR count). The number of likely N-dealkylation sites (tertiary alicyclic amines) is 1. The van der Waals surface area contributed by atoms with Crippen LogP contribution in [0.1, 0.15) is 31.2 Å². The number of carbonyl (C=O) groups is 1. The van der Waals surface area contributed by atoms with Crippen LogP contribution in [0.4, 0.5) is 37.7 Å². The fourth-order valence-electron chi connectivity index (χ4n) is 3.85. The molecule has 1 aromatic carbocycles. The lowest BCUT2D eigenvalue weighted by Crippen LogP contribution is -2.48. The van der Waals surface area contributed by atoms with Crippen LogP contribution in [0.15, 0.2) is 18.2 Å². The number of rotatable bonds is 4. The highest BCUT2D eigenvalue weighted by molar-refractivity contribution is 5.96. The third-order valence-corrected chi connectivity index (χ3v) is 5.52. The Morgan fingerprint density at radius 1 is 1.07 bits per heavy atom. The maximum Gasteiger partial charge on any atom is 0.418 e. The van der Waals surface area contributed by atoms with Gasteiger partial charge in [-0.25, -0.2) is 0 Å². The molecule has 30 heavy (non-hydrogen) atoms. The van der Waals surface area contributed by atoms with Crippen LogP contribution in [-0.4, -0.2) is 60.4 Å². The van der Waals surface area contributed by atoms with Gasteiger partial charge in [-0.15, -0.1) is 0 Å². The topological polar surface area (TPSA) is 55.8 Å². The fraction of sp³-hybridized carbons (Fsp3) is 0.632. The van der Waals surface area contributed by atoms with Crippen LogP contribution in [0.5, 0.6) is 0 Å². The highest BCUT2D eigenvalue weighted by Crippen LogP contribution is 2.38. The van der Waals surface area contributed by atoms with Gasteiger partial charge in [-0.3, -0.25) is 9.69 Å². The van der Waals surface area contributed by atoms with E-state index in [-0.39, 0.29) is 12.2 Å². The molecule has 2 heterocycles. The van der Waals surface area contributed by atoms with E-state index in [2.05, 4.69) is 5.32 Å². The Bertz CT molecular complexity index is 777. The molecule has 2 fully saturated rings. The molecule has 0 aliphatic carbocycles. The number of β-amino-alcohol motifs (C(OH)–C–C–N with tert-alkyl or cyclic N) is 1. The number of amides is 1. The van der Waals surface area contributed by atoms with Crippen molar-refractivity contribution >= 4 is 17.3 Å². The van der Waals surface area contributed by atoms with E-state index >= 15 is 0 Å². The number of carbonyl (C=O) groups excluding carboxylic acids is 1. The second-order valence-electron chi connectivity index (χ2n) is 7.82. The van der Waals surface area contributed by atoms with Gasteiger partial charge in [0.2, 0.25) is 5.91 Å². The molecule has 1 amide bonds. The lowest BCUT2D eigenvalue weighted by atomic mass is 10.0. The van der Waals surface area contributed by atoms with Crippen molar-refractivity contribution in [1.29, 1.82) is 0 Å². The summed E-state index contributed by atoms with van der Waals surface area (Å²) in [5, 5.41) is 12.1. The molecule has 0 radical (unpaired) electrons. The Kier molecular flexibility index (Phi) is 6.24. The van der Waals surface area contributed by atoms with Crippen LogP contribution in [-0.2, 0) is 11.0 Å². The quantitative estimate of drug-likeness (QED) is 0.704. The molecule has 2 aliphatic rings. The predicted octanol–water partition coefficient (Wildman–Crippen LogP) is 3.63. The third-order valence-electron chi connectivity index (χ3n) is 5.52. The first-order chi connectivity index (χ1) is 13.9. The van der Waals surface area contributed by atoms with Crippen LogP contribution in [0.2, 0.25) is 0 Å². The molecule has 11 heteroatoms. The van der Waals surface area contributed by atoms with Crippen LogP contribution >= 0.6 is 0 Å². The molecule has 2 aliphatic heterocycles. The third kappa shape index (κ3) is 5.00. The maximum absolute atomic E-state index is 13.1. The molecule has 5 nitrogen and oxygen atoms in total. The molecule has 1 aromatic rings. The van der Waals surface area contributed by atoms with Gasteiger partial charge in [0.1, 0.15) is 0 Å². The van der Waals surface area contributed by atoms with E-state index in [0.29, 0.717) is 18.8 Å². The number of nitrogens with zero attached hydrogens (tertiary/aromatic N) is 2. The van der Waals surface area contributed by atoms with Gasteiger partial charge in [-0.05, 0) is 43.9 Å². The van der Waals surface area contributed by atoms with E-state index in [9.17, 15) is 36.2 Å². The van der Waals surface area contributed by atoms with Gasteiger partial charge in [-0.2, -0.15) is 26.3 Å². The van der Waals surface area contributed by atoms with Crippen molar-refractivity contribution in [2.45, 2.75) is 43.6 Å². The fourth-order valence-corrected chi connectivity index (χ4v) is 3.85. The summed E-state index contributed by atoms with van der Waals surface area (Å²) in [6.45, 7) is -0.0947. The molecule has 0 spiro atoms. The Balaban J connectivity index is 1.74. The maximum atomic E-state index is 13.1. The van der Waals surface area contributed by atoms with Gasteiger partial charge in [0.15, 0.2) is 5.60 Å². The van der Waals surface area contributed by atoms with Gasteiger partial charge in [-0.1, -0.05) is 0 Å². The predicted molar refractivity (Wildman–Crippen MR) is 98.2 cm³/mol. The zero-order valence-electron chi connectivity index (χ0n) is 16.1. The number of anilines is 2. The number of aliphatic hydroxyl groups is 1. The Hall–Kier alpha value is -2.01. The molecule has 0 aromatic heterocycles. The summed E-state index contributed by atoms with van der Waals surface area (Å²) < 4.78 is 78.2. The molecule has 1 atom stereocenters. The summed E-state index contributed by atoms with van der Waals surface area (Å²) in [6.07, 6.45) is -7.22. The SMILES string of the molecule is O=C(CN1CCC(O)(C(F)(F)F)C1)Nc1cc(C(F)(F)F)ccc1N1CCCCC1. The van der Waals surface area contributed by atoms with Crippen molar-refractivity contribution in [3.05, 3.63) is 23.8 Å². The van der Waals surface area contributed by atoms with Gasteiger partial charge in [0, 0.05) is 26.2 Å². The summed E-state index contributed by atoms with van der Waals surface area (Å²) in [6, 6.07) is 3.10. The first-order valence-electron chi connectivity index (χ1n) is 9.67. The average Bonchev–Trinajstić information content (AvgIpc) is 3.03. The molecule has 0 bridgehead atoms. The first-order valence-corrected chi connectivity index (χ1v) is 9.67. The van der Waals surface area contributed by atoms with E-state index < -0.39 is 48.9 Å². The molecular weight excluding hydrogens is 416 g/mol. The summed E-state index contributed by atoms with van der Waals surface area (Å²) >= 11 is 0. The zero-order valence-corrected chi connectivity index (χ0v) is 16.1. The van der Waals surface area contributed by atoms with Gasteiger partial charge in [0.25, 0.3) is 0 Å². The lowest BCUT2D eigenvalue weighted by molar-refractivity contribution is -0.253. The number of halogens is 6. The van der Waals surface area contributed by atoms with Crippen LogP contribution in [0.25, 0.3) is 0 Å². The smallest absolute Gasteiger partial charge is 0.379 e. The number of nitrogens with one attached hydrogen (secondary N) is 1. The van der Waals surface area contributed by atoms with E-state index in [0.717, 1.165) is 36.3 Å². The zero-order chi connectivity index (χ0) is 22.2. The van der Waals surface area contributed by atoms with Crippen molar-refractivity contribution < 1.29 is 36.2 Å². The monoisotopic (exact) mass is 439 g/mol. The van der Waals surface area contributed by atoms with Crippen molar-refractivity contribution in [2.75, 3.05) is 42.9 Å². The Labute approximate surface area is 169 Å². The van der Waals surface area contributed by atoms with Crippen molar-refractivity contribution in [2.24, 2.45) is 0 Å². The standard InChI is InChI=1S/C19H23F6N3O2/c20-18(21,22)13-4-5-15(28-7-2-1-3-8-28)14(10-13)26-16(29)11-27-9-6-17(30,12-27)19(23,24)25/h4-5,10,30H,1-3,6-9,11-12H2,(H,26,29). The van der Waals surface area contributed by atoms with E-state index in [1.54, 1.807) is 0 Å². The second-order valence-corrected chi connectivity index (χ2v) is 7.82. The van der Waals surface area contributed by atoms with E-state index in [1.165, 1.54) is 6.07 Å².